The molecule has 194 valence electrons. The lowest BCUT2D eigenvalue weighted by molar-refractivity contribution is -0.215. The zero-order valence-corrected chi connectivity index (χ0v) is 22.9. The molecule has 0 saturated heterocycles. The van der Waals surface area contributed by atoms with E-state index < -0.39 is 0 Å². The minimum Gasteiger partial charge on any atom is -0.465 e. The Balaban J connectivity index is 1.21. The first-order valence-electron chi connectivity index (χ1n) is 15.3. The van der Waals surface area contributed by atoms with Gasteiger partial charge in [0.1, 0.15) is 5.75 Å². The second kappa shape index (κ2) is 9.70. The fraction of sp³-hybridized carbons (Fsp3) is 0.818. The summed E-state index contributed by atoms with van der Waals surface area (Å²) in [5.74, 6) is 8.14. The predicted octanol–water partition coefficient (Wildman–Crippen LogP) is 8.99. The van der Waals surface area contributed by atoms with Crippen LogP contribution in [0, 0.1) is 47.3 Å². The molecular weight excluding hydrogens is 428 g/mol. The van der Waals surface area contributed by atoms with Crippen molar-refractivity contribution in [2.75, 3.05) is 0 Å². The molecule has 2 nitrogen and oxygen atoms in total. The van der Waals surface area contributed by atoms with Gasteiger partial charge in [0, 0.05) is 5.92 Å². The third kappa shape index (κ3) is 4.83. The van der Waals surface area contributed by atoms with E-state index in [0.717, 1.165) is 41.3 Å². The van der Waals surface area contributed by atoms with Crippen molar-refractivity contribution in [1.29, 1.82) is 0 Å². The summed E-state index contributed by atoms with van der Waals surface area (Å²) in [4.78, 5) is 0. The van der Waals surface area contributed by atoms with E-state index in [2.05, 4.69) is 52.0 Å². The molecule has 0 N–H and O–H groups in total. The summed E-state index contributed by atoms with van der Waals surface area (Å²) < 4.78 is 14.2. The number of rotatable bonds is 9. The van der Waals surface area contributed by atoms with Crippen molar-refractivity contribution >= 4 is 0 Å². The van der Waals surface area contributed by atoms with E-state index in [1.54, 1.807) is 0 Å². The summed E-state index contributed by atoms with van der Waals surface area (Å²) in [5.41, 5.74) is 1.59. The van der Waals surface area contributed by atoms with E-state index in [1.807, 2.05) is 0 Å². The highest BCUT2D eigenvalue weighted by molar-refractivity contribution is 5.30. The molecule has 6 aliphatic carbocycles. The molecule has 35 heavy (non-hydrogen) atoms. The molecule has 6 fully saturated rings. The summed E-state index contributed by atoms with van der Waals surface area (Å²) in [7, 11) is 0. The van der Waals surface area contributed by atoms with E-state index >= 15 is 0 Å². The normalized spacial score (nSPS) is 39.4. The van der Waals surface area contributed by atoms with Crippen LogP contribution < -0.4 is 4.74 Å². The number of ether oxygens (including phenoxy) is 2. The van der Waals surface area contributed by atoms with Crippen molar-refractivity contribution in [2.45, 2.75) is 123 Å². The molecule has 0 spiro atoms. The highest BCUT2D eigenvalue weighted by atomic mass is 16.7. The van der Waals surface area contributed by atoms with Gasteiger partial charge in [-0.15, -0.1) is 0 Å². The quantitative estimate of drug-likeness (QED) is 0.330. The van der Waals surface area contributed by atoms with E-state index in [9.17, 15) is 0 Å². The van der Waals surface area contributed by atoms with Gasteiger partial charge < -0.3 is 9.47 Å². The van der Waals surface area contributed by atoms with Gasteiger partial charge in [-0.25, -0.2) is 0 Å². The van der Waals surface area contributed by atoms with E-state index in [-0.39, 0.29) is 11.9 Å². The Morgan fingerprint density at radius 1 is 0.829 bits per heavy atom. The SMILES string of the molecule is CC(C)CC(c1ccc(OC(OC23CC4CC(C2)C(C4)C3)C2CCC3CCCCC32)cc1)C(C)C. The van der Waals surface area contributed by atoms with Gasteiger partial charge >= 0.3 is 0 Å². The molecule has 6 aliphatic rings. The Morgan fingerprint density at radius 3 is 2.20 bits per heavy atom. The topological polar surface area (TPSA) is 18.5 Å². The minimum atomic E-state index is -0.0539. The van der Waals surface area contributed by atoms with Crippen molar-refractivity contribution < 1.29 is 9.47 Å². The first-order chi connectivity index (χ1) is 16.9. The Hall–Kier alpha value is -1.02. The summed E-state index contributed by atoms with van der Waals surface area (Å²) in [6, 6.07) is 9.19. The van der Waals surface area contributed by atoms with Gasteiger partial charge in [0.15, 0.2) is 0 Å². The van der Waals surface area contributed by atoms with Gasteiger partial charge in [-0.05, 0) is 123 Å². The molecule has 7 rings (SSSR count). The van der Waals surface area contributed by atoms with Crippen LogP contribution in [-0.2, 0) is 4.74 Å². The molecule has 1 aromatic rings. The molecule has 0 radical (unpaired) electrons. The molecule has 7 atom stereocenters. The average molecular weight is 479 g/mol. The second-order valence-electron chi connectivity index (χ2n) is 14.3. The maximum Gasteiger partial charge on any atom is 0.203 e. The summed E-state index contributed by atoms with van der Waals surface area (Å²) >= 11 is 0. The molecule has 1 aromatic carbocycles. The first kappa shape index (κ1) is 24.3. The van der Waals surface area contributed by atoms with Gasteiger partial charge in [-0.1, -0.05) is 59.1 Å². The van der Waals surface area contributed by atoms with E-state index in [0.29, 0.717) is 17.8 Å². The third-order valence-electron chi connectivity index (χ3n) is 11.1. The van der Waals surface area contributed by atoms with Crippen LogP contribution in [0.4, 0.5) is 0 Å². The maximum absolute atomic E-state index is 7.25. The van der Waals surface area contributed by atoms with Crippen molar-refractivity contribution in [3.63, 3.8) is 0 Å². The fourth-order valence-electron chi connectivity index (χ4n) is 9.67. The molecular formula is C33H50O2. The van der Waals surface area contributed by atoms with Gasteiger partial charge in [0.2, 0.25) is 6.29 Å². The summed E-state index contributed by atoms with van der Waals surface area (Å²) in [6.07, 6.45) is 16.4. The molecule has 2 heteroatoms. The third-order valence-corrected chi connectivity index (χ3v) is 11.1. The smallest absolute Gasteiger partial charge is 0.203 e. The molecule has 4 bridgehead atoms. The van der Waals surface area contributed by atoms with Crippen LogP contribution in [0.15, 0.2) is 24.3 Å². The zero-order chi connectivity index (χ0) is 24.2. The zero-order valence-electron chi connectivity index (χ0n) is 22.9. The Morgan fingerprint density at radius 2 is 1.54 bits per heavy atom. The molecule has 0 aliphatic heterocycles. The van der Waals surface area contributed by atoms with Crippen LogP contribution in [0.3, 0.4) is 0 Å². The summed E-state index contributed by atoms with van der Waals surface area (Å²) in [6.45, 7) is 9.42. The van der Waals surface area contributed by atoms with Crippen LogP contribution in [-0.4, -0.2) is 11.9 Å². The Kier molecular flexibility index (Phi) is 6.74. The molecule has 0 amide bonds. The summed E-state index contributed by atoms with van der Waals surface area (Å²) in [5, 5.41) is 0. The fourth-order valence-corrected chi connectivity index (χ4v) is 9.67. The van der Waals surface area contributed by atoms with Crippen molar-refractivity contribution in [1.82, 2.24) is 0 Å². The van der Waals surface area contributed by atoms with Crippen molar-refractivity contribution in [2.24, 2.45) is 47.3 Å². The highest BCUT2D eigenvalue weighted by Gasteiger charge is 2.58. The lowest BCUT2D eigenvalue weighted by Gasteiger charge is -2.43. The van der Waals surface area contributed by atoms with Crippen LogP contribution in [0.5, 0.6) is 5.75 Å². The standard InChI is InChI=1S/C33H50O2/c1-21(2)15-31(22(3)4)25-9-12-28(13-10-25)34-32(30-14-11-24-7-5-6-8-29(24)30)35-33-18-23-16-26(19-33)27(17-23)20-33/h9-10,12-13,21-24,26-27,29-32H,5-8,11,14-20H2,1-4H3. The highest BCUT2D eigenvalue weighted by Crippen LogP contribution is 2.62. The predicted molar refractivity (Wildman–Crippen MR) is 143 cm³/mol. The molecule has 6 saturated carbocycles. The number of hydrogen-bond acceptors (Lipinski definition) is 2. The number of fused-ring (bicyclic) bond motifs is 1. The molecule has 0 heterocycles. The van der Waals surface area contributed by atoms with E-state index in [4.69, 9.17) is 9.47 Å². The van der Waals surface area contributed by atoms with Gasteiger partial charge in [0.25, 0.3) is 0 Å². The van der Waals surface area contributed by atoms with Crippen molar-refractivity contribution in [3.8, 4) is 5.75 Å². The first-order valence-corrected chi connectivity index (χ1v) is 15.3. The number of benzene rings is 1. The Labute approximate surface area is 214 Å². The maximum atomic E-state index is 7.25. The van der Waals surface area contributed by atoms with Gasteiger partial charge in [-0.2, -0.15) is 0 Å². The van der Waals surface area contributed by atoms with Crippen molar-refractivity contribution in [3.05, 3.63) is 29.8 Å². The van der Waals surface area contributed by atoms with Crippen LogP contribution in [0.1, 0.15) is 116 Å². The largest absolute Gasteiger partial charge is 0.465 e. The number of hydrogen-bond donors (Lipinski definition) is 0. The monoisotopic (exact) mass is 478 g/mol. The van der Waals surface area contributed by atoms with Crippen LogP contribution in [0.2, 0.25) is 0 Å². The van der Waals surface area contributed by atoms with E-state index in [1.165, 1.54) is 82.6 Å². The van der Waals surface area contributed by atoms with Crippen LogP contribution >= 0.6 is 0 Å². The lowest BCUT2D eigenvalue weighted by atomic mass is 9.76. The van der Waals surface area contributed by atoms with Gasteiger partial charge in [0.05, 0.1) is 5.60 Å². The average Bonchev–Trinajstić information content (AvgIpc) is 3.45. The second-order valence-corrected chi connectivity index (χ2v) is 14.3. The minimum absolute atomic E-state index is 0.0539. The lowest BCUT2D eigenvalue weighted by Crippen LogP contribution is -2.45. The van der Waals surface area contributed by atoms with Crippen LogP contribution in [0.25, 0.3) is 0 Å². The van der Waals surface area contributed by atoms with Gasteiger partial charge in [-0.3, -0.25) is 0 Å². The molecule has 7 unspecified atom stereocenters. The Bertz CT molecular complexity index is 837. The molecule has 0 aromatic heterocycles.